The molecule has 20 heavy (non-hydrogen) atoms. The predicted octanol–water partition coefficient (Wildman–Crippen LogP) is 2.18. The van der Waals surface area contributed by atoms with Crippen molar-refractivity contribution in [3.05, 3.63) is 24.3 Å². The van der Waals surface area contributed by atoms with Gasteiger partial charge in [0.05, 0.1) is 6.10 Å². The highest BCUT2D eigenvalue weighted by Gasteiger charge is 2.21. The molecule has 1 aliphatic heterocycles. The number of hydrogen-bond acceptors (Lipinski definition) is 3. The van der Waals surface area contributed by atoms with E-state index in [1.807, 2.05) is 26.0 Å². The first kappa shape index (κ1) is 14.5. The van der Waals surface area contributed by atoms with Crippen LogP contribution in [0.4, 0.5) is 11.4 Å². The molecule has 108 valence electrons. The summed E-state index contributed by atoms with van der Waals surface area (Å²) < 4.78 is 5.23. The van der Waals surface area contributed by atoms with Crippen molar-refractivity contribution in [2.24, 2.45) is 0 Å². The molecule has 0 bridgehead atoms. The van der Waals surface area contributed by atoms with Gasteiger partial charge in [-0.15, -0.1) is 0 Å². The van der Waals surface area contributed by atoms with Crippen LogP contribution in [0.15, 0.2) is 24.3 Å². The van der Waals surface area contributed by atoms with E-state index in [0.29, 0.717) is 12.1 Å². The summed E-state index contributed by atoms with van der Waals surface area (Å²) in [5.41, 5.74) is 1.58. The second kappa shape index (κ2) is 6.52. The molecule has 0 unspecified atom stereocenters. The van der Waals surface area contributed by atoms with Gasteiger partial charge in [-0.3, -0.25) is 9.59 Å². The molecule has 1 aromatic carbocycles. The molecule has 0 atom stereocenters. The van der Waals surface area contributed by atoms with E-state index in [1.165, 1.54) is 0 Å². The van der Waals surface area contributed by atoms with Gasteiger partial charge in [-0.25, -0.2) is 0 Å². The molecule has 1 heterocycles. The lowest BCUT2D eigenvalue weighted by Crippen LogP contribution is -2.23. The Hall–Kier alpha value is -1.88. The first-order valence-electron chi connectivity index (χ1n) is 6.88. The molecule has 0 spiro atoms. The molecular weight excluding hydrogens is 256 g/mol. The fourth-order valence-electron chi connectivity index (χ4n) is 2.09. The van der Waals surface area contributed by atoms with Crippen LogP contribution in [0, 0.1) is 0 Å². The summed E-state index contributed by atoms with van der Waals surface area (Å²) in [5, 5.41) is 2.76. The topological polar surface area (TPSA) is 58.6 Å². The Morgan fingerprint density at radius 3 is 2.60 bits per heavy atom. The van der Waals surface area contributed by atoms with Crippen molar-refractivity contribution in [3.63, 3.8) is 0 Å². The highest BCUT2D eigenvalue weighted by molar-refractivity contribution is 5.96. The van der Waals surface area contributed by atoms with Crippen molar-refractivity contribution >= 4 is 23.2 Å². The van der Waals surface area contributed by atoms with Gasteiger partial charge in [-0.05, 0) is 44.5 Å². The summed E-state index contributed by atoms with van der Waals surface area (Å²) in [6.45, 7) is 4.58. The molecule has 1 fully saturated rings. The largest absolute Gasteiger partial charge is 0.369 e. The van der Waals surface area contributed by atoms with Gasteiger partial charge in [0.25, 0.3) is 0 Å². The van der Waals surface area contributed by atoms with E-state index in [9.17, 15) is 9.59 Å². The number of nitrogens with one attached hydrogen (secondary N) is 1. The van der Waals surface area contributed by atoms with Crippen molar-refractivity contribution < 1.29 is 14.3 Å². The minimum absolute atomic E-state index is 0.0318. The number of hydrogen-bond donors (Lipinski definition) is 1. The molecular formula is C15H20N2O3. The van der Waals surface area contributed by atoms with Crippen molar-refractivity contribution in [2.75, 3.05) is 23.4 Å². The van der Waals surface area contributed by atoms with Crippen molar-refractivity contribution in [2.45, 2.75) is 32.8 Å². The van der Waals surface area contributed by atoms with E-state index < -0.39 is 0 Å². The van der Waals surface area contributed by atoms with Crippen LogP contribution >= 0.6 is 0 Å². The van der Waals surface area contributed by atoms with E-state index in [4.69, 9.17) is 4.74 Å². The third kappa shape index (κ3) is 3.81. The highest BCUT2D eigenvalue weighted by atomic mass is 16.5. The average molecular weight is 276 g/mol. The normalized spacial score (nSPS) is 14.9. The molecule has 1 N–H and O–H groups in total. The van der Waals surface area contributed by atoms with Crippen molar-refractivity contribution in [1.29, 1.82) is 0 Å². The zero-order valence-electron chi connectivity index (χ0n) is 11.9. The zero-order chi connectivity index (χ0) is 14.5. The first-order valence-corrected chi connectivity index (χ1v) is 6.88. The number of carbonyl (C=O) groups excluding carboxylic acids is 2. The van der Waals surface area contributed by atoms with E-state index in [-0.39, 0.29) is 24.5 Å². The van der Waals surface area contributed by atoms with Crippen molar-refractivity contribution in [3.8, 4) is 0 Å². The minimum Gasteiger partial charge on any atom is -0.369 e. The smallest absolute Gasteiger partial charge is 0.250 e. The molecule has 2 rings (SSSR count). The van der Waals surface area contributed by atoms with Crippen LogP contribution < -0.4 is 10.2 Å². The fraction of sp³-hybridized carbons (Fsp3) is 0.467. The summed E-state index contributed by atoms with van der Waals surface area (Å²) in [7, 11) is 0. The van der Waals surface area contributed by atoms with Gasteiger partial charge in [-0.1, -0.05) is 0 Å². The quantitative estimate of drug-likeness (QED) is 0.896. The first-order chi connectivity index (χ1) is 9.56. The fourth-order valence-corrected chi connectivity index (χ4v) is 2.09. The van der Waals surface area contributed by atoms with Crippen LogP contribution in [0.1, 0.15) is 26.7 Å². The molecule has 1 aliphatic rings. The molecule has 1 saturated heterocycles. The van der Waals surface area contributed by atoms with Gasteiger partial charge in [0.2, 0.25) is 11.8 Å². The van der Waals surface area contributed by atoms with Gasteiger partial charge in [-0.2, -0.15) is 0 Å². The Morgan fingerprint density at radius 1 is 1.35 bits per heavy atom. The lowest BCUT2D eigenvalue weighted by Gasteiger charge is -2.16. The molecule has 1 aromatic rings. The standard InChI is InChI=1S/C15H20N2O3/c1-11(2)20-10-14(18)16-12-5-7-13(8-6-12)17-9-3-4-15(17)19/h5-8,11H,3-4,9-10H2,1-2H3,(H,16,18). The van der Waals surface area contributed by atoms with E-state index in [1.54, 1.807) is 17.0 Å². The Morgan fingerprint density at radius 2 is 2.05 bits per heavy atom. The average Bonchev–Trinajstić information content (AvgIpc) is 2.84. The third-order valence-electron chi connectivity index (χ3n) is 3.08. The van der Waals surface area contributed by atoms with Crippen LogP contribution in [-0.2, 0) is 14.3 Å². The summed E-state index contributed by atoms with van der Waals surface area (Å²) >= 11 is 0. The second-order valence-corrected chi connectivity index (χ2v) is 5.10. The third-order valence-corrected chi connectivity index (χ3v) is 3.08. The SMILES string of the molecule is CC(C)OCC(=O)Nc1ccc(N2CCCC2=O)cc1. The monoisotopic (exact) mass is 276 g/mol. The Balaban J connectivity index is 1.91. The molecule has 2 amide bonds. The number of rotatable bonds is 5. The summed E-state index contributed by atoms with van der Waals surface area (Å²) in [5.74, 6) is -0.0178. The molecule has 0 radical (unpaired) electrons. The van der Waals surface area contributed by atoms with Gasteiger partial charge < -0.3 is 15.0 Å². The number of anilines is 2. The van der Waals surface area contributed by atoms with Crippen LogP contribution in [0.25, 0.3) is 0 Å². The predicted molar refractivity (Wildman–Crippen MR) is 77.7 cm³/mol. The number of ether oxygens (including phenoxy) is 1. The second-order valence-electron chi connectivity index (χ2n) is 5.10. The van der Waals surface area contributed by atoms with Gasteiger partial charge >= 0.3 is 0 Å². The van der Waals surface area contributed by atoms with E-state index in [2.05, 4.69) is 5.32 Å². The van der Waals surface area contributed by atoms with Crippen LogP contribution in [0.3, 0.4) is 0 Å². The number of nitrogens with zero attached hydrogens (tertiary/aromatic N) is 1. The molecule has 5 nitrogen and oxygen atoms in total. The Bertz CT molecular complexity index is 482. The lowest BCUT2D eigenvalue weighted by molar-refractivity contribution is -0.122. The Kier molecular flexibility index (Phi) is 4.74. The number of amides is 2. The zero-order valence-corrected chi connectivity index (χ0v) is 11.9. The summed E-state index contributed by atoms with van der Waals surface area (Å²) in [4.78, 5) is 25.0. The summed E-state index contributed by atoms with van der Waals surface area (Å²) in [6.07, 6.45) is 1.55. The molecule has 0 aromatic heterocycles. The molecule has 0 saturated carbocycles. The maximum absolute atomic E-state index is 11.6. The van der Waals surface area contributed by atoms with Crippen LogP contribution in [-0.4, -0.2) is 31.1 Å². The molecule has 0 aliphatic carbocycles. The van der Waals surface area contributed by atoms with E-state index in [0.717, 1.165) is 18.7 Å². The maximum Gasteiger partial charge on any atom is 0.250 e. The Labute approximate surface area is 118 Å². The van der Waals surface area contributed by atoms with E-state index >= 15 is 0 Å². The van der Waals surface area contributed by atoms with Gasteiger partial charge in [0, 0.05) is 24.3 Å². The molecule has 5 heteroatoms. The summed E-state index contributed by atoms with van der Waals surface area (Å²) in [6, 6.07) is 7.30. The van der Waals surface area contributed by atoms with Crippen LogP contribution in [0.2, 0.25) is 0 Å². The van der Waals surface area contributed by atoms with Gasteiger partial charge in [0.15, 0.2) is 0 Å². The lowest BCUT2D eigenvalue weighted by atomic mass is 10.2. The number of carbonyl (C=O) groups is 2. The highest BCUT2D eigenvalue weighted by Crippen LogP contribution is 2.22. The maximum atomic E-state index is 11.6. The number of benzene rings is 1. The van der Waals surface area contributed by atoms with Crippen molar-refractivity contribution in [1.82, 2.24) is 0 Å². The van der Waals surface area contributed by atoms with Gasteiger partial charge in [0.1, 0.15) is 6.61 Å². The minimum atomic E-state index is -0.177. The van der Waals surface area contributed by atoms with Crippen LogP contribution in [0.5, 0.6) is 0 Å².